The molecule has 35 heavy (non-hydrogen) atoms. The number of fused-ring (bicyclic) bond motifs is 1. The summed E-state index contributed by atoms with van der Waals surface area (Å²) in [6.07, 6.45) is 1.57. The summed E-state index contributed by atoms with van der Waals surface area (Å²) in [7, 11) is 0. The second-order valence-electron chi connectivity index (χ2n) is 11.0. The van der Waals surface area contributed by atoms with E-state index in [9.17, 15) is 19.2 Å². The molecule has 0 aromatic heterocycles. The molecule has 1 aromatic carbocycles. The Morgan fingerprint density at radius 1 is 1.00 bits per heavy atom. The third kappa shape index (κ3) is 6.41. The van der Waals surface area contributed by atoms with E-state index in [1.54, 1.807) is 78.0 Å². The predicted molar refractivity (Wildman–Crippen MR) is 129 cm³/mol. The summed E-state index contributed by atoms with van der Waals surface area (Å²) in [5.74, 6) is -1.49. The summed E-state index contributed by atoms with van der Waals surface area (Å²) < 4.78 is 10.8. The number of nitrogens with one attached hydrogen (secondary N) is 2. The Morgan fingerprint density at radius 3 is 2.17 bits per heavy atom. The Bertz CT molecular complexity index is 1020. The van der Waals surface area contributed by atoms with Gasteiger partial charge in [0.15, 0.2) is 0 Å². The predicted octanol–water partition coefficient (Wildman–Crippen LogP) is 3.21. The Morgan fingerprint density at radius 2 is 1.60 bits per heavy atom. The first kappa shape index (κ1) is 26.2. The molecule has 0 bridgehead atoms. The molecule has 9 heteroatoms. The van der Waals surface area contributed by atoms with Gasteiger partial charge in [-0.05, 0) is 59.4 Å². The van der Waals surface area contributed by atoms with Crippen LogP contribution in [0.25, 0.3) is 0 Å². The fraction of sp³-hybridized carbons (Fsp3) is 0.538. The number of esters is 1. The molecule has 1 fully saturated rings. The van der Waals surface area contributed by atoms with Crippen LogP contribution in [-0.4, -0.2) is 52.1 Å². The summed E-state index contributed by atoms with van der Waals surface area (Å²) >= 11 is 0. The van der Waals surface area contributed by atoms with E-state index in [-0.39, 0.29) is 17.7 Å². The van der Waals surface area contributed by atoms with E-state index in [4.69, 9.17) is 9.47 Å². The first-order chi connectivity index (χ1) is 16.2. The highest BCUT2D eigenvalue weighted by Gasteiger charge is 2.54. The van der Waals surface area contributed by atoms with Crippen LogP contribution < -0.4 is 10.6 Å². The second-order valence-corrected chi connectivity index (χ2v) is 11.0. The SMILES string of the molecule is C[C@H]1C=C(C(=O)OC(C)(C)C)N2C(=O)[C@H](NC(=O)[C@H](NC(=O)OC(C)(C)C)c3ccccc3)[C@@H]2C1. The van der Waals surface area contributed by atoms with Gasteiger partial charge in [-0.3, -0.25) is 14.5 Å². The number of hydrogen-bond acceptors (Lipinski definition) is 6. The van der Waals surface area contributed by atoms with Crippen LogP contribution in [0.15, 0.2) is 42.1 Å². The molecule has 0 saturated carbocycles. The molecule has 190 valence electrons. The fourth-order valence-corrected chi connectivity index (χ4v) is 4.14. The molecule has 2 N–H and O–H groups in total. The van der Waals surface area contributed by atoms with Gasteiger partial charge >= 0.3 is 12.1 Å². The van der Waals surface area contributed by atoms with Crippen LogP contribution in [0.4, 0.5) is 4.79 Å². The van der Waals surface area contributed by atoms with Crippen molar-refractivity contribution in [3.05, 3.63) is 47.7 Å². The summed E-state index contributed by atoms with van der Waals surface area (Å²) in [4.78, 5) is 52.9. The number of β-lactam (4-membered cyclic amide) rings is 1. The molecule has 2 aliphatic heterocycles. The second kappa shape index (κ2) is 9.71. The Hall–Kier alpha value is -3.36. The van der Waals surface area contributed by atoms with Crippen LogP contribution in [0, 0.1) is 5.92 Å². The lowest BCUT2D eigenvalue weighted by Crippen LogP contribution is -2.72. The van der Waals surface area contributed by atoms with E-state index in [2.05, 4.69) is 10.6 Å². The number of carbonyl (C=O) groups is 4. The summed E-state index contributed by atoms with van der Waals surface area (Å²) in [6.45, 7) is 12.4. The zero-order chi connectivity index (χ0) is 26.1. The van der Waals surface area contributed by atoms with Gasteiger partial charge in [0, 0.05) is 0 Å². The standard InChI is InChI=1S/C26H35N3O6/c1-15-13-17-20(22(31)29(17)18(14-15)23(32)34-25(2,3)4)27-21(30)19(16-11-9-8-10-12-16)28-24(33)35-26(5,6)7/h8-12,14-15,17,19-20H,13H2,1-7H3,(H,27,30)(H,28,33)/t15-,17+,19-,20-/m1/s1. The van der Waals surface area contributed by atoms with Crippen molar-refractivity contribution in [3.8, 4) is 0 Å². The monoisotopic (exact) mass is 485 g/mol. The fourth-order valence-electron chi connectivity index (χ4n) is 4.14. The summed E-state index contributed by atoms with van der Waals surface area (Å²) in [5, 5.41) is 5.39. The Balaban J connectivity index is 1.76. The number of ether oxygens (including phenoxy) is 2. The van der Waals surface area contributed by atoms with Gasteiger partial charge in [-0.25, -0.2) is 9.59 Å². The molecule has 4 atom stereocenters. The van der Waals surface area contributed by atoms with Gasteiger partial charge in [0.1, 0.15) is 29.0 Å². The maximum absolute atomic E-state index is 13.3. The molecule has 0 aliphatic carbocycles. The van der Waals surface area contributed by atoms with Crippen LogP contribution >= 0.6 is 0 Å². The van der Waals surface area contributed by atoms with E-state index in [1.807, 2.05) is 6.92 Å². The molecule has 1 aromatic rings. The van der Waals surface area contributed by atoms with Crippen molar-refractivity contribution in [1.82, 2.24) is 15.5 Å². The normalized spacial score (nSPS) is 22.7. The number of rotatable bonds is 5. The largest absolute Gasteiger partial charge is 0.455 e. The quantitative estimate of drug-likeness (QED) is 0.489. The van der Waals surface area contributed by atoms with E-state index in [0.29, 0.717) is 12.0 Å². The van der Waals surface area contributed by atoms with Crippen molar-refractivity contribution < 1.29 is 28.7 Å². The average molecular weight is 486 g/mol. The number of nitrogens with zero attached hydrogens (tertiary/aromatic N) is 1. The summed E-state index contributed by atoms with van der Waals surface area (Å²) in [6, 6.07) is 6.47. The van der Waals surface area contributed by atoms with Crippen LogP contribution in [0.5, 0.6) is 0 Å². The number of amides is 3. The zero-order valence-corrected chi connectivity index (χ0v) is 21.4. The molecule has 3 rings (SSSR count). The Labute approximate surface area is 206 Å². The van der Waals surface area contributed by atoms with Gasteiger partial charge in [0.2, 0.25) is 5.91 Å². The average Bonchev–Trinajstić information content (AvgIpc) is 2.73. The molecule has 0 unspecified atom stereocenters. The Kier molecular flexibility index (Phi) is 7.29. The zero-order valence-electron chi connectivity index (χ0n) is 21.4. The molecule has 1 saturated heterocycles. The lowest BCUT2D eigenvalue weighted by Gasteiger charge is -2.50. The van der Waals surface area contributed by atoms with Crippen LogP contribution in [0.3, 0.4) is 0 Å². The van der Waals surface area contributed by atoms with Crippen molar-refractivity contribution in [2.24, 2.45) is 5.92 Å². The molecule has 2 heterocycles. The van der Waals surface area contributed by atoms with Gasteiger partial charge < -0.3 is 20.1 Å². The van der Waals surface area contributed by atoms with Crippen LogP contribution in [0.2, 0.25) is 0 Å². The number of alkyl carbamates (subject to hydrolysis) is 1. The molecular formula is C26H35N3O6. The maximum atomic E-state index is 13.3. The molecule has 0 spiro atoms. The molecule has 9 nitrogen and oxygen atoms in total. The van der Waals surface area contributed by atoms with Gasteiger partial charge in [-0.1, -0.05) is 43.3 Å². The van der Waals surface area contributed by atoms with E-state index in [0.717, 1.165) is 0 Å². The van der Waals surface area contributed by atoms with E-state index in [1.165, 1.54) is 4.90 Å². The first-order valence-corrected chi connectivity index (χ1v) is 11.8. The third-order valence-corrected chi connectivity index (χ3v) is 5.50. The topological polar surface area (TPSA) is 114 Å². The minimum absolute atomic E-state index is 0.0103. The van der Waals surface area contributed by atoms with Crippen LogP contribution in [0.1, 0.15) is 66.5 Å². The molecule has 2 aliphatic rings. The highest BCUT2D eigenvalue weighted by molar-refractivity contribution is 6.02. The van der Waals surface area contributed by atoms with E-state index >= 15 is 0 Å². The van der Waals surface area contributed by atoms with Crippen LogP contribution in [-0.2, 0) is 23.9 Å². The molecular weight excluding hydrogens is 450 g/mol. The van der Waals surface area contributed by atoms with E-state index < -0.39 is 47.2 Å². The van der Waals surface area contributed by atoms with Crippen molar-refractivity contribution in [3.63, 3.8) is 0 Å². The smallest absolute Gasteiger partial charge is 0.408 e. The third-order valence-electron chi connectivity index (χ3n) is 5.50. The van der Waals surface area contributed by atoms with Crippen molar-refractivity contribution in [2.45, 2.75) is 84.2 Å². The molecule has 3 amide bonds. The number of hydrogen-bond donors (Lipinski definition) is 2. The number of carbonyl (C=O) groups excluding carboxylic acids is 4. The van der Waals surface area contributed by atoms with Crippen molar-refractivity contribution >= 4 is 23.9 Å². The minimum Gasteiger partial charge on any atom is -0.455 e. The maximum Gasteiger partial charge on any atom is 0.408 e. The minimum atomic E-state index is -1.06. The highest BCUT2D eigenvalue weighted by atomic mass is 16.6. The van der Waals surface area contributed by atoms with Crippen molar-refractivity contribution in [1.29, 1.82) is 0 Å². The van der Waals surface area contributed by atoms with Gasteiger partial charge in [0.05, 0.1) is 6.04 Å². The molecule has 0 radical (unpaired) electrons. The number of allylic oxidation sites excluding steroid dienone is 1. The lowest BCUT2D eigenvalue weighted by atomic mass is 9.82. The number of benzene rings is 1. The van der Waals surface area contributed by atoms with Gasteiger partial charge in [-0.2, -0.15) is 0 Å². The highest BCUT2D eigenvalue weighted by Crippen LogP contribution is 2.37. The lowest BCUT2D eigenvalue weighted by molar-refractivity contribution is -0.163. The van der Waals surface area contributed by atoms with Crippen molar-refractivity contribution in [2.75, 3.05) is 0 Å². The first-order valence-electron chi connectivity index (χ1n) is 11.8. The summed E-state index contributed by atoms with van der Waals surface area (Å²) in [5.41, 5.74) is -0.697. The van der Waals surface area contributed by atoms with Gasteiger partial charge in [0.25, 0.3) is 5.91 Å². The van der Waals surface area contributed by atoms with Gasteiger partial charge in [-0.15, -0.1) is 0 Å².